The molecule has 2 atom stereocenters. The Hall–Kier alpha value is -2.04. The Balaban J connectivity index is 2.19. The maximum absolute atomic E-state index is 12.2. The third kappa shape index (κ3) is 3.59. The summed E-state index contributed by atoms with van der Waals surface area (Å²) in [6, 6.07) is 8.93. The minimum atomic E-state index is -0.600. The van der Waals surface area contributed by atoms with Crippen LogP contribution in [-0.4, -0.2) is 36.2 Å². The number of nitrogens with zero attached hydrogens (tertiary/aromatic N) is 1. The second-order valence-electron chi connectivity index (χ2n) is 6.63. The number of methoxy groups -OCH3 is 1. The van der Waals surface area contributed by atoms with Crippen LogP contribution in [0, 0.1) is 5.41 Å². The topological polar surface area (TPSA) is 55.8 Å². The molecule has 0 N–H and O–H groups in total. The minimum Gasteiger partial charge on any atom is -0.460 e. The van der Waals surface area contributed by atoms with Gasteiger partial charge in [0.1, 0.15) is 12.1 Å². The average Bonchev–Trinajstić information content (AvgIpc) is 2.87. The van der Waals surface area contributed by atoms with Crippen molar-refractivity contribution in [1.29, 1.82) is 0 Å². The molecule has 22 heavy (non-hydrogen) atoms. The smallest absolute Gasteiger partial charge is 0.410 e. The molecule has 1 fully saturated rings. The highest BCUT2D eigenvalue weighted by Crippen LogP contribution is 2.33. The van der Waals surface area contributed by atoms with Gasteiger partial charge in [-0.2, -0.15) is 0 Å². The Labute approximate surface area is 131 Å². The number of cyclic esters (lactones) is 1. The van der Waals surface area contributed by atoms with Crippen molar-refractivity contribution >= 4 is 12.1 Å². The number of carbonyl (C=O) groups is 2. The van der Waals surface area contributed by atoms with Crippen molar-refractivity contribution in [3.05, 3.63) is 35.9 Å². The quantitative estimate of drug-likeness (QED) is 0.806. The van der Waals surface area contributed by atoms with E-state index in [1.807, 2.05) is 51.1 Å². The average molecular weight is 305 g/mol. The number of rotatable bonds is 3. The Morgan fingerprint density at radius 3 is 2.45 bits per heavy atom. The highest BCUT2D eigenvalue weighted by molar-refractivity contribution is 5.83. The second kappa shape index (κ2) is 6.38. The van der Waals surface area contributed by atoms with Gasteiger partial charge in [0.05, 0.1) is 7.11 Å². The molecule has 0 aliphatic carbocycles. The molecule has 0 aromatic heterocycles. The van der Waals surface area contributed by atoms with Crippen LogP contribution in [0.5, 0.6) is 0 Å². The predicted molar refractivity (Wildman–Crippen MR) is 82.1 cm³/mol. The molecule has 1 amide bonds. The summed E-state index contributed by atoms with van der Waals surface area (Å²) >= 11 is 0. The van der Waals surface area contributed by atoms with Gasteiger partial charge < -0.3 is 9.47 Å². The first-order valence-corrected chi connectivity index (χ1v) is 7.42. The lowest BCUT2D eigenvalue weighted by atomic mass is 9.86. The Morgan fingerprint density at radius 1 is 1.32 bits per heavy atom. The third-order valence-electron chi connectivity index (χ3n) is 3.91. The van der Waals surface area contributed by atoms with Crippen molar-refractivity contribution in [1.82, 2.24) is 4.90 Å². The van der Waals surface area contributed by atoms with Crippen LogP contribution in [-0.2, 0) is 20.8 Å². The molecule has 0 saturated carbocycles. The summed E-state index contributed by atoms with van der Waals surface area (Å²) in [5, 5.41) is 0. The summed E-state index contributed by atoms with van der Waals surface area (Å²) in [5.74, 6) is -0.360. The van der Waals surface area contributed by atoms with Crippen molar-refractivity contribution in [2.45, 2.75) is 45.9 Å². The van der Waals surface area contributed by atoms with E-state index in [0.29, 0.717) is 13.0 Å². The van der Waals surface area contributed by atoms with E-state index in [4.69, 9.17) is 9.47 Å². The summed E-state index contributed by atoms with van der Waals surface area (Å²) in [7, 11) is 1.32. The maximum Gasteiger partial charge on any atom is 0.410 e. The van der Waals surface area contributed by atoms with Crippen LogP contribution < -0.4 is 0 Å². The van der Waals surface area contributed by atoms with Crippen LogP contribution in [0.4, 0.5) is 4.79 Å². The van der Waals surface area contributed by atoms with E-state index >= 15 is 0 Å². The van der Waals surface area contributed by atoms with Gasteiger partial charge in [0, 0.05) is 13.0 Å². The maximum atomic E-state index is 12.2. The van der Waals surface area contributed by atoms with Gasteiger partial charge in [-0.3, -0.25) is 4.90 Å². The summed E-state index contributed by atoms with van der Waals surface area (Å²) in [5.41, 5.74) is 0.791. The van der Waals surface area contributed by atoms with Gasteiger partial charge in [0.15, 0.2) is 0 Å². The fourth-order valence-electron chi connectivity index (χ4n) is 2.55. The summed E-state index contributed by atoms with van der Waals surface area (Å²) in [4.78, 5) is 25.8. The van der Waals surface area contributed by atoms with Crippen molar-refractivity contribution in [2.75, 3.05) is 7.11 Å². The van der Waals surface area contributed by atoms with E-state index in [2.05, 4.69) is 0 Å². The lowest BCUT2D eigenvalue weighted by Crippen LogP contribution is -2.42. The first-order chi connectivity index (χ1) is 10.3. The van der Waals surface area contributed by atoms with E-state index in [0.717, 1.165) is 5.56 Å². The third-order valence-corrected chi connectivity index (χ3v) is 3.91. The van der Waals surface area contributed by atoms with Gasteiger partial charge in [-0.1, -0.05) is 51.1 Å². The number of hydrogen-bond donors (Lipinski definition) is 0. The van der Waals surface area contributed by atoms with Crippen LogP contribution in [0.1, 0.15) is 32.8 Å². The molecule has 1 heterocycles. The molecule has 120 valence electrons. The highest BCUT2D eigenvalue weighted by atomic mass is 16.6. The molecule has 1 aromatic carbocycles. The van der Waals surface area contributed by atoms with E-state index in [1.165, 1.54) is 12.0 Å². The zero-order chi connectivity index (χ0) is 16.3. The fourth-order valence-corrected chi connectivity index (χ4v) is 2.55. The zero-order valence-electron chi connectivity index (χ0n) is 13.5. The van der Waals surface area contributed by atoms with Gasteiger partial charge in [0.25, 0.3) is 0 Å². The van der Waals surface area contributed by atoms with Gasteiger partial charge in [-0.25, -0.2) is 9.59 Å². The molecule has 1 saturated heterocycles. The molecule has 1 aliphatic heterocycles. The van der Waals surface area contributed by atoms with E-state index < -0.39 is 12.1 Å². The Bertz CT molecular complexity index is 535. The molecular formula is C17H23NO4. The van der Waals surface area contributed by atoms with Crippen LogP contribution in [0.3, 0.4) is 0 Å². The minimum absolute atomic E-state index is 0.154. The molecule has 5 nitrogen and oxygen atoms in total. The van der Waals surface area contributed by atoms with E-state index in [9.17, 15) is 9.59 Å². The number of carbonyl (C=O) groups excluding carboxylic acids is 2. The van der Waals surface area contributed by atoms with Crippen molar-refractivity contribution < 1.29 is 19.1 Å². The van der Waals surface area contributed by atoms with E-state index in [1.54, 1.807) is 0 Å². The fraction of sp³-hybridized carbons (Fsp3) is 0.529. The number of ether oxygens (including phenoxy) is 2. The van der Waals surface area contributed by atoms with Gasteiger partial charge >= 0.3 is 12.1 Å². The Morgan fingerprint density at radius 2 is 1.95 bits per heavy atom. The number of esters is 1. The largest absolute Gasteiger partial charge is 0.460 e. The van der Waals surface area contributed by atoms with Crippen molar-refractivity contribution in [3.63, 3.8) is 0 Å². The van der Waals surface area contributed by atoms with Crippen LogP contribution in [0.25, 0.3) is 0 Å². The van der Waals surface area contributed by atoms with Gasteiger partial charge in [-0.15, -0.1) is 0 Å². The highest BCUT2D eigenvalue weighted by Gasteiger charge is 2.45. The molecular weight excluding hydrogens is 282 g/mol. The standard InChI is InChI=1S/C17H23NO4/c1-17(2,3)14-10-13(15(19)22-14)18(16(20)21-4)11-12-8-6-5-7-9-12/h5-9,13-14H,10-11H2,1-4H3/t13-,14+/m1/s1. The normalized spacial score (nSPS) is 21.4. The molecule has 0 unspecified atom stereocenters. The SMILES string of the molecule is COC(=O)N(Cc1ccccc1)[C@@H]1C[C@@H](C(C)(C)C)OC1=O. The second-order valence-corrected chi connectivity index (χ2v) is 6.63. The molecule has 0 radical (unpaired) electrons. The van der Waals surface area contributed by atoms with Gasteiger partial charge in [-0.05, 0) is 11.0 Å². The Kier molecular flexibility index (Phi) is 4.74. The van der Waals surface area contributed by atoms with Crippen LogP contribution in [0.2, 0.25) is 0 Å². The number of benzene rings is 1. The summed E-state index contributed by atoms with van der Waals surface area (Å²) < 4.78 is 10.3. The predicted octanol–water partition coefficient (Wildman–Crippen LogP) is 2.99. The lowest BCUT2D eigenvalue weighted by Gasteiger charge is -2.27. The molecule has 0 bridgehead atoms. The molecule has 1 aromatic rings. The molecule has 0 spiro atoms. The molecule has 2 rings (SSSR count). The van der Waals surface area contributed by atoms with Crippen LogP contribution >= 0.6 is 0 Å². The number of hydrogen-bond acceptors (Lipinski definition) is 4. The molecule has 5 heteroatoms. The zero-order valence-corrected chi connectivity index (χ0v) is 13.5. The lowest BCUT2D eigenvalue weighted by molar-refractivity contribution is -0.148. The van der Waals surface area contributed by atoms with Crippen molar-refractivity contribution in [3.8, 4) is 0 Å². The summed E-state index contributed by atoms with van der Waals surface area (Å²) in [6.07, 6.45) is -0.224. The van der Waals surface area contributed by atoms with Crippen molar-refractivity contribution in [2.24, 2.45) is 5.41 Å². The number of amides is 1. The monoisotopic (exact) mass is 305 g/mol. The summed E-state index contributed by atoms with van der Waals surface area (Å²) in [6.45, 7) is 6.39. The molecule has 1 aliphatic rings. The van der Waals surface area contributed by atoms with E-state index in [-0.39, 0.29) is 17.5 Å². The van der Waals surface area contributed by atoms with Crippen LogP contribution in [0.15, 0.2) is 30.3 Å². The first kappa shape index (κ1) is 16.3. The van der Waals surface area contributed by atoms with Gasteiger partial charge in [0.2, 0.25) is 0 Å². The first-order valence-electron chi connectivity index (χ1n) is 7.42.